The molecule has 3 heteroatoms. The van der Waals surface area contributed by atoms with Gasteiger partial charge in [0.1, 0.15) is 12.4 Å². The summed E-state index contributed by atoms with van der Waals surface area (Å²) >= 11 is 0. The van der Waals surface area contributed by atoms with Crippen molar-refractivity contribution in [2.45, 2.75) is 31.8 Å². The summed E-state index contributed by atoms with van der Waals surface area (Å²) in [7, 11) is 2.10. The number of benzene rings is 1. The summed E-state index contributed by atoms with van der Waals surface area (Å²) in [5.74, 6) is 4.80. The molecule has 1 aliphatic carbocycles. The standard InChI is InChI=1S/C15H18FNO/c1-17(14-5-2-6-14)11-12-7-8-15(16)13(10-12)4-3-9-18/h7-8,10,14,18H,2,5-6,9,11H2,1H3. The van der Waals surface area contributed by atoms with Gasteiger partial charge in [0, 0.05) is 12.6 Å². The molecule has 0 radical (unpaired) electrons. The van der Waals surface area contributed by atoms with Crippen molar-refractivity contribution >= 4 is 0 Å². The molecular weight excluding hydrogens is 229 g/mol. The lowest BCUT2D eigenvalue weighted by Crippen LogP contribution is -2.36. The van der Waals surface area contributed by atoms with Gasteiger partial charge in [0.25, 0.3) is 0 Å². The molecule has 0 aliphatic heterocycles. The second kappa shape index (κ2) is 5.99. The minimum Gasteiger partial charge on any atom is -0.384 e. The minimum absolute atomic E-state index is 0.244. The molecule has 1 aliphatic rings. The molecule has 0 atom stereocenters. The largest absolute Gasteiger partial charge is 0.384 e. The summed E-state index contributed by atoms with van der Waals surface area (Å²) in [6, 6.07) is 5.69. The first-order valence-electron chi connectivity index (χ1n) is 6.29. The van der Waals surface area contributed by atoms with Crippen molar-refractivity contribution in [1.29, 1.82) is 0 Å². The van der Waals surface area contributed by atoms with Gasteiger partial charge in [0.05, 0.1) is 5.56 Å². The van der Waals surface area contributed by atoms with Gasteiger partial charge >= 0.3 is 0 Å². The number of nitrogens with zero attached hydrogens (tertiary/aromatic N) is 1. The third-order valence-electron chi connectivity index (χ3n) is 3.46. The maximum Gasteiger partial charge on any atom is 0.138 e. The Morgan fingerprint density at radius 2 is 2.22 bits per heavy atom. The highest BCUT2D eigenvalue weighted by atomic mass is 19.1. The number of hydrogen-bond acceptors (Lipinski definition) is 2. The van der Waals surface area contributed by atoms with Crippen LogP contribution >= 0.6 is 0 Å². The van der Waals surface area contributed by atoms with Crippen LogP contribution in [0.3, 0.4) is 0 Å². The van der Waals surface area contributed by atoms with E-state index in [2.05, 4.69) is 23.8 Å². The fourth-order valence-corrected chi connectivity index (χ4v) is 2.15. The molecule has 96 valence electrons. The second-order valence-corrected chi connectivity index (χ2v) is 4.77. The Morgan fingerprint density at radius 3 is 2.83 bits per heavy atom. The van der Waals surface area contributed by atoms with E-state index in [0.29, 0.717) is 11.6 Å². The summed E-state index contributed by atoms with van der Waals surface area (Å²) in [4.78, 5) is 2.31. The van der Waals surface area contributed by atoms with Crippen LogP contribution in [0.4, 0.5) is 4.39 Å². The fourth-order valence-electron chi connectivity index (χ4n) is 2.15. The molecule has 0 saturated heterocycles. The number of halogens is 1. The highest BCUT2D eigenvalue weighted by Gasteiger charge is 2.21. The average Bonchev–Trinajstić information content (AvgIpc) is 2.27. The molecular formula is C15H18FNO. The van der Waals surface area contributed by atoms with Gasteiger partial charge in [-0.1, -0.05) is 24.3 Å². The Labute approximate surface area is 107 Å². The summed E-state index contributed by atoms with van der Waals surface area (Å²) in [6.07, 6.45) is 3.83. The number of aliphatic hydroxyl groups excluding tert-OH is 1. The predicted molar refractivity (Wildman–Crippen MR) is 69.5 cm³/mol. The van der Waals surface area contributed by atoms with Gasteiger partial charge < -0.3 is 5.11 Å². The highest BCUT2D eigenvalue weighted by molar-refractivity contribution is 5.38. The lowest BCUT2D eigenvalue weighted by molar-refractivity contribution is 0.152. The SMILES string of the molecule is CN(Cc1ccc(F)c(C#CCO)c1)C1CCC1. The minimum atomic E-state index is -0.328. The highest BCUT2D eigenvalue weighted by Crippen LogP contribution is 2.25. The predicted octanol–water partition coefficient (Wildman–Crippen LogP) is 2.15. The molecule has 0 unspecified atom stereocenters. The monoisotopic (exact) mass is 247 g/mol. The van der Waals surface area contributed by atoms with Gasteiger partial charge in [-0.05, 0) is 37.6 Å². The van der Waals surface area contributed by atoms with Crippen LogP contribution in [0.1, 0.15) is 30.4 Å². The van der Waals surface area contributed by atoms with Crippen LogP contribution in [0.5, 0.6) is 0 Å². The smallest absolute Gasteiger partial charge is 0.138 e. The number of rotatable bonds is 3. The Kier molecular flexibility index (Phi) is 4.35. The maximum atomic E-state index is 13.5. The van der Waals surface area contributed by atoms with Crippen LogP contribution in [0.2, 0.25) is 0 Å². The van der Waals surface area contributed by atoms with Crippen molar-refractivity contribution < 1.29 is 9.50 Å². The molecule has 1 N–H and O–H groups in total. The molecule has 2 nitrogen and oxygen atoms in total. The third kappa shape index (κ3) is 3.10. The van der Waals surface area contributed by atoms with E-state index in [1.807, 2.05) is 0 Å². The second-order valence-electron chi connectivity index (χ2n) is 4.77. The van der Waals surface area contributed by atoms with E-state index in [0.717, 1.165) is 12.1 Å². The fraction of sp³-hybridized carbons (Fsp3) is 0.467. The zero-order chi connectivity index (χ0) is 13.0. The van der Waals surface area contributed by atoms with Gasteiger partial charge in [0.15, 0.2) is 0 Å². The molecule has 1 saturated carbocycles. The third-order valence-corrected chi connectivity index (χ3v) is 3.46. The zero-order valence-corrected chi connectivity index (χ0v) is 10.6. The molecule has 1 aromatic rings. The molecule has 0 amide bonds. The molecule has 18 heavy (non-hydrogen) atoms. The van der Waals surface area contributed by atoms with E-state index < -0.39 is 0 Å². The Balaban J connectivity index is 2.08. The van der Waals surface area contributed by atoms with Crippen molar-refractivity contribution in [3.05, 3.63) is 35.1 Å². The number of aliphatic hydroxyl groups is 1. The molecule has 1 fully saturated rings. The van der Waals surface area contributed by atoms with Gasteiger partial charge in [-0.25, -0.2) is 4.39 Å². The molecule has 0 bridgehead atoms. The summed E-state index contributed by atoms with van der Waals surface area (Å²) < 4.78 is 13.5. The van der Waals surface area contributed by atoms with Crippen LogP contribution in [0.25, 0.3) is 0 Å². The van der Waals surface area contributed by atoms with Crippen molar-refractivity contribution in [1.82, 2.24) is 4.90 Å². The van der Waals surface area contributed by atoms with Gasteiger partial charge in [0.2, 0.25) is 0 Å². The van der Waals surface area contributed by atoms with Crippen LogP contribution in [-0.4, -0.2) is 29.7 Å². The zero-order valence-electron chi connectivity index (χ0n) is 10.6. The van der Waals surface area contributed by atoms with Crippen molar-refractivity contribution in [3.8, 4) is 11.8 Å². The Hall–Kier alpha value is -1.37. The molecule has 0 aromatic heterocycles. The lowest BCUT2D eigenvalue weighted by atomic mass is 9.91. The lowest BCUT2D eigenvalue weighted by Gasteiger charge is -2.34. The Morgan fingerprint density at radius 1 is 1.44 bits per heavy atom. The molecule has 0 heterocycles. The summed E-state index contributed by atoms with van der Waals surface area (Å²) in [5, 5.41) is 8.64. The van der Waals surface area contributed by atoms with Crippen LogP contribution in [0, 0.1) is 17.7 Å². The van der Waals surface area contributed by atoms with E-state index >= 15 is 0 Å². The van der Waals surface area contributed by atoms with Crippen LogP contribution in [-0.2, 0) is 6.54 Å². The number of hydrogen-bond donors (Lipinski definition) is 1. The van der Waals surface area contributed by atoms with Crippen molar-refractivity contribution in [2.24, 2.45) is 0 Å². The van der Waals surface area contributed by atoms with E-state index in [9.17, 15) is 4.39 Å². The first kappa shape index (κ1) is 13.1. The van der Waals surface area contributed by atoms with Crippen molar-refractivity contribution in [2.75, 3.05) is 13.7 Å². The Bertz CT molecular complexity index is 471. The topological polar surface area (TPSA) is 23.5 Å². The average molecular weight is 247 g/mol. The maximum absolute atomic E-state index is 13.5. The van der Waals surface area contributed by atoms with Gasteiger partial charge in [-0.3, -0.25) is 4.90 Å². The van der Waals surface area contributed by atoms with E-state index in [1.165, 1.54) is 25.3 Å². The van der Waals surface area contributed by atoms with Gasteiger partial charge in [-0.2, -0.15) is 0 Å². The molecule has 2 rings (SSSR count). The first-order chi connectivity index (χ1) is 8.70. The van der Waals surface area contributed by atoms with Gasteiger partial charge in [-0.15, -0.1) is 0 Å². The summed E-state index contributed by atoms with van der Waals surface area (Å²) in [6.45, 7) is 0.574. The van der Waals surface area contributed by atoms with Crippen LogP contribution < -0.4 is 0 Å². The van der Waals surface area contributed by atoms with E-state index in [1.54, 1.807) is 12.1 Å². The van der Waals surface area contributed by atoms with Crippen molar-refractivity contribution in [3.63, 3.8) is 0 Å². The van der Waals surface area contributed by atoms with E-state index in [-0.39, 0.29) is 12.4 Å². The normalized spacial score (nSPS) is 15.1. The summed E-state index contributed by atoms with van der Waals surface area (Å²) in [5.41, 5.74) is 1.43. The first-order valence-corrected chi connectivity index (χ1v) is 6.29. The quantitative estimate of drug-likeness (QED) is 0.827. The molecule has 1 aromatic carbocycles. The molecule has 0 spiro atoms. The van der Waals surface area contributed by atoms with E-state index in [4.69, 9.17) is 5.11 Å². The van der Waals surface area contributed by atoms with Crippen LogP contribution in [0.15, 0.2) is 18.2 Å².